The quantitative estimate of drug-likeness (QED) is 0.491. The molecular weight excluding hydrogens is 412 g/mol. The van der Waals surface area contributed by atoms with Gasteiger partial charge in [-0.15, -0.1) is 0 Å². The first-order valence-electron chi connectivity index (χ1n) is 10.1. The van der Waals surface area contributed by atoms with Crippen molar-refractivity contribution in [3.05, 3.63) is 90.5 Å². The molecule has 0 unspecified atom stereocenters. The predicted octanol–water partition coefficient (Wildman–Crippen LogP) is 3.64. The maximum atomic E-state index is 13.2. The number of hydrogen-bond donors (Lipinski definition) is 1. The van der Waals surface area contributed by atoms with Crippen LogP contribution in [0.5, 0.6) is 5.75 Å². The highest BCUT2D eigenvalue weighted by atomic mass is 32.2. The molecule has 0 atom stereocenters. The zero-order valence-corrected chi connectivity index (χ0v) is 18.2. The van der Waals surface area contributed by atoms with Crippen LogP contribution in [0.25, 0.3) is 0 Å². The highest BCUT2D eigenvalue weighted by Crippen LogP contribution is 2.23. The van der Waals surface area contributed by atoms with E-state index >= 15 is 0 Å². The van der Waals surface area contributed by atoms with Gasteiger partial charge in [-0.3, -0.25) is 9.10 Å². The van der Waals surface area contributed by atoms with Gasteiger partial charge >= 0.3 is 0 Å². The molecule has 0 aliphatic carbocycles. The Morgan fingerprint density at radius 1 is 0.903 bits per heavy atom. The second kappa shape index (κ2) is 10.6. The van der Waals surface area contributed by atoms with Crippen LogP contribution in [0.4, 0.5) is 5.69 Å². The number of hydrogen-bond acceptors (Lipinski definition) is 4. The Balaban J connectivity index is 1.62. The molecule has 0 aliphatic rings. The first-order valence-corrected chi connectivity index (χ1v) is 11.6. The Morgan fingerprint density at radius 2 is 1.52 bits per heavy atom. The number of carbonyl (C=O) groups excluding carboxylic acids is 1. The number of rotatable bonds is 10. The summed E-state index contributed by atoms with van der Waals surface area (Å²) in [5.41, 5.74) is 1.65. The molecule has 0 saturated carbocycles. The fourth-order valence-corrected chi connectivity index (χ4v) is 4.44. The number of ether oxygens (including phenoxy) is 1. The fraction of sp³-hybridized carbons (Fsp3) is 0.208. The highest BCUT2D eigenvalue weighted by Gasteiger charge is 2.26. The summed E-state index contributed by atoms with van der Waals surface area (Å²) in [6, 6.07) is 24.5. The van der Waals surface area contributed by atoms with Gasteiger partial charge in [0.2, 0.25) is 5.91 Å². The molecule has 1 amide bonds. The van der Waals surface area contributed by atoms with E-state index < -0.39 is 15.9 Å². The Labute approximate surface area is 183 Å². The Bertz CT molecular complexity index is 1070. The lowest BCUT2D eigenvalue weighted by Gasteiger charge is -2.24. The largest absolute Gasteiger partial charge is 0.492 e. The molecule has 0 aliphatic heterocycles. The second-order valence-electron chi connectivity index (χ2n) is 6.86. The molecular formula is C24H26N2O4S. The number of nitrogens with one attached hydrogen (secondary N) is 1. The van der Waals surface area contributed by atoms with Crippen LogP contribution >= 0.6 is 0 Å². The molecule has 1 N–H and O–H groups in total. The van der Waals surface area contributed by atoms with Gasteiger partial charge in [-0.25, -0.2) is 8.42 Å². The van der Waals surface area contributed by atoms with E-state index in [1.165, 1.54) is 17.7 Å². The number of aryl methyl sites for hydroxylation is 1. The van der Waals surface area contributed by atoms with Gasteiger partial charge in [-0.2, -0.15) is 0 Å². The molecule has 7 heteroatoms. The first-order chi connectivity index (χ1) is 15.0. The molecule has 162 valence electrons. The third-order valence-corrected chi connectivity index (χ3v) is 6.48. The van der Waals surface area contributed by atoms with Gasteiger partial charge in [-0.05, 0) is 48.4 Å². The summed E-state index contributed by atoms with van der Waals surface area (Å²) in [6.45, 7) is 2.31. The molecule has 0 aromatic heterocycles. The number of carbonyl (C=O) groups is 1. The summed E-state index contributed by atoms with van der Waals surface area (Å²) >= 11 is 0. The SMILES string of the molecule is CCc1ccc(OCCNC(=O)CN(c2ccccc2)S(=O)(=O)c2ccccc2)cc1. The predicted molar refractivity (Wildman–Crippen MR) is 122 cm³/mol. The molecule has 3 aromatic rings. The normalized spacial score (nSPS) is 11.0. The molecule has 0 heterocycles. The lowest BCUT2D eigenvalue weighted by molar-refractivity contribution is -0.119. The lowest BCUT2D eigenvalue weighted by atomic mass is 10.2. The van der Waals surface area contributed by atoms with Gasteiger partial charge in [0, 0.05) is 0 Å². The van der Waals surface area contributed by atoms with Crippen LogP contribution in [0.3, 0.4) is 0 Å². The average Bonchev–Trinajstić information content (AvgIpc) is 2.81. The van der Waals surface area contributed by atoms with E-state index in [4.69, 9.17) is 4.74 Å². The number of sulfonamides is 1. The van der Waals surface area contributed by atoms with Crippen molar-refractivity contribution in [3.63, 3.8) is 0 Å². The first kappa shape index (κ1) is 22.4. The van der Waals surface area contributed by atoms with Crippen molar-refractivity contribution in [1.29, 1.82) is 0 Å². The molecule has 3 aromatic carbocycles. The molecule has 0 radical (unpaired) electrons. The zero-order chi connectivity index (χ0) is 22.1. The minimum absolute atomic E-state index is 0.130. The van der Waals surface area contributed by atoms with Crippen LogP contribution < -0.4 is 14.4 Å². The third-order valence-electron chi connectivity index (χ3n) is 4.69. The van der Waals surface area contributed by atoms with Crippen molar-refractivity contribution in [3.8, 4) is 5.75 Å². The monoisotopic (exact) mass is 438 g/mol. The van der Waals surface area contributed by atoms with Crippen molar-refractivity contribution >= 4 is 21.6 Å². The van der Waals surface area contributed by atoms with Gasteiger partial charge in [0.05, 0.1) is 17.1 Å². The van der Waals surface area contributed by atoms with E-state index in [1.807, 2.05) is 24.3 Å². The van der Waals surface area contributed by atoms with E-state index in [0.29, 0.717) is 5.69 Å². The van der Waals surface area contributed by atoms with Gasteiger partial charge in [-0.1, -0.05) is 55.5 Å². The second-order valence-corrected chi connectivity index (χ2v) is 8.72. The third kappa shape index (κ3) is 6.08. The van der Waals surface area contributed by atoms with Crippen LogP contribution in [0.1, 0.15) is 12.5 Å². The van der Waals surface area contributed by atoms with E-state index in [-0.39, 0.29) is 24.6 Å². The number of nitrogens with zero attached hydrogens (tertiary/aromatic N) is 1. The maximum Gasteiger partial charge on any atom is 0.264 e. The van der Waals surface area contributed by atoms with Crippen LogP contribution in [-0.4, -0.2) is 34.0 Å². The van der Waals surface area contributed by atoms with Crippen molar-refractivity contribution < 1.29 is 17.9 Å². The van der Waals surface area contributed by atoms with Gasteiger partial charge in [0.25, 0.3) is 10.0 Å². The minimum Gasteiger partial charge on any atom is -0.492 e. The number of anilines is 1. The molecule has 0 bridgehead atoms. The van der Waals surface area contributed by atoms with E-state index in [1.54, 1.807) is 48.5 Å². The van der Waals surface area contributed by atoms with Gasteiger partial charge < -0.3 is 10.1 Å². The smallest absolute Gasteiger partial charge is 0.264 e. The summed E-state index contributed by atoms with van der Waals surface area (Å²) in [5, 5.41) is 2.73. The summed E-state index contributed by atoms with van der Waals surface area (Å²) in [5.74, 6) is 0.317. The van der Waals surface area contributed by atoms with Crippen molar-refractivity contribution in [2.45, 2.75) is 18.2 Å². The Hall–Kier alpha value is -3.32. The summed E-state index contributed by atoms with van der Waals surface area (Å²) in [7, 11) is -3.89. The van der Waals surface area contributed by atoms with Gasteiger partial charge in [0.1, 0.15) is 18.9 Å². The zero-order valence-electron chi connectivity index (χ0n) is 17.4. The molecule has 6 nitrogen and oxygen atoms in total. The Morgan fingerprint density at radius 3 is 2.13 bits per heavy atom. The lowest BCUT2D eigenvalue weighted by Crippen LogP contribution is -2.41. The van der Waals surface area contributed by atoms with E-state index in [2.05, 4.69) is 12.2 Å². The standard InChI is InChI=1S/C24H26N2O4S/c1-2-20-13-15-22(16-14-20)30-18-17-25-24(27)19-26(21-9-5-3-6-10-21)31(28,29)23-11-7-4-8-12-23/h3-16H,2,17-19H2,1H3,(H,25,27). The highest BCUT2D eigenvalue weighted by molar-refractivity contribution is 7.92. The number of benzene rings is 3. The van der Waals surface area contributed by atoms with Crippen LogP contribution in [0, 0.1) is 0 Å². The molecule has 3 rings (SSSR count). The summed E-state index contributed by atoms with van der Waals surface area (Å²) < 4.78 is 33.1. The van der Waals surface area contributed by atoms with Crippen LogP contribution in [0.15, 0.2) is 89.8 Å². The fourth-order valence-electron chi connectivity index (χ4n) is 3.00. The Kier molecular flexibility index (Phi) is 7.67. The van der Waals surface area contributed by atoms with E-state index in [9.17, 15) is 13.2 Å². The average molecular weight is 439 g/mol. The maximum absolute atomic E-state index is 13.2. The van der Waals surface area contributed by atoms with E-state index in [0.717, 1.165) is 16.5 Å². The topological polar surface area (TPSA) is 75.7 Å². The minimum atomic E-state index is -3.89. The molecule has 31 heavy (non-hydrogen) atoms. The molecule has 0 fully saturated rings. The van der Waals surface area contributed by atoms with Crippen molar-refractivity contribution in [2.75, 3.05) is 24.0 Å². The van der Waals surface area contributed by atoms with Gasteiger partial charge in [0.15, 0.2) is 0 Å². The number of para-hydroxylation sites is 1. The van der Waals surface area contributed by atoms with Crippen molar-refractivity contribution in [2.24, 2.45) is 0 Å². The summed E-state index contributed by atoms with van der Waals surface area (Å²) in [4.78, 5) is 12.7. The molecule has 0 saturated heterocycles. The molecule has 0 spiro atoms. The van der Waals surface area contributed by atoms with Crippen LogP contribution in [-0.2, 0) is 21.2 Å². The summed E-state index contributed by atoms with van der Waals surface area (Å²) in [6.07, 6.45) is 0.958. The number of amides is 1. The van der Waals surface area contributed by atoms with Crippen LogP contribution in [0.2, 0.25) is 0 Å². The van der Waals surface area contributed by atoms with Crippen molar-refractivity contribution in [1.82, 2.24) is 5.32 Å².